The Hall–Kier alpha value is -4.71. The van der Waals surface area contributed by atoms with Gasteiger partial charge in [-0.15, -0.1) is 0 Å². The number of hydrogen-bond donors (Lipinski definition) is 1. The second-order valence-corrected chi connectivity index (χ2v) is 12.3. The molecule has 12 heteroatoms. The fourth-order valence-electron chi connectivity index (χ4n) is 5.05. The van der Waals surface area contributed by atoms with Crippen LogP contribution in [0.1, 0.15) is 55.7 Å². The van der Waals surface area contributed by atoms with E-state index in [2.05, 4.69) is 10.3 Å². The molecule has 0 aliphatic carbocycles. The second kappa shape index (κ2) is 16.2. The molecular weight excluding hydrogens is 604 g/mol. The summed E-state index contributed by atoms with van der Waals surface area (Å²) in [6.07, 6.45) is -0.203. The average Bonchev–Trinajstić information content (AvgIpc) is 3.04. The number of aryl methyl sites for hydroxylation is 1. The molecule has 3 aromatic rings. The average molecular weight is 649 g/mol. The van der Waals surface area contributed by atoms with Gasteiger partial charge in [0.1, 0.15) is 23.1 Å². The van der Waals surface area contributed by atoms with Crippen molar-refractivity contribution < 1.29 is 38.1 Å². The monoisotopic (exact) mass is 648 g/mol. The largest absolute Gasteiger partial charge is 0.481 e. The number of carbonyl (C=O) groups is 4. The van der Waals surface area contributed by atoms with E-state index in [4.69, 9.17) is 18.9 Å². The number of ether oxygens (including phenoxy) is 4. The summed E-state index contributed by atoms with van der Waals surface area (Å²) in [5, 5.41) is 3.48. The van der Waals surface area contributed by atoms with Gasteiger partial charge in [-0.3, -0.25) is 9.59 Å². The highest BCUT2D eigenvalue weighted by atomic mass is 16.6. The lowest BCUT2D eigenvalue weighted by Crippen LogP contribution is -2.56. The smallest absolute Gasteiger partial charge is 0.409 e. The summed E-state index contributed by atoms with van der Waals surface area (Å²) in [6.45, 7) is 10.7. The maximum absolute atomic E-state index is 13.8. The fraction of sp³-hybridized carbons (Fsp3) is 0.457. The Morgan fingerprint density at radius 3 is 2.34 bits per heavy atom. The van der Waals surface area contributed by atoms with Gasteiger partial charge >= 0.3 is 12.1 Å². The summed E-state index contributed by atoms with van der Waals surface area (Å²) in [5.41, 5.74) is 1.76. The Kier molecular flexibility index (Phi) is 12.1. The zero-order valence-electron chi connectivity index (χ0n) is 27.7. The Morgan fingerprint density at radius 1 is 0.957 bits per heavy atom. The minimum atomic E-state index is -0.923. The Morgan fingerprint density at radius 2 is 1.66 bits per heavy atom. The molecule has 12 nitrogen and oxygen atoms in total. The van der Waals surface area contributed by atoms with E-state index in [0.717, 1.165) is 11.1 Å². The Labute approximate surface area is 275 Å². The molecule has 1 fully saturated rings. The van der Waals surface area contributed by atoms with Crippen LogP contribution in [-0.4, -0.2) is 96.3 Å². The third-order valence-electron chi connectivity index (χ3n) is 7.31. The van der Waals surface area contributed by atoms with Crippen molar-refractivity contribution in [3.05, 3.63) is 71.4 Å². The van der Waals surface area contributed by atoms with E-state index in [0.29, 0.717) is 43.7 Å². The molecule has 47 heavy (non-hydrogen) atoms. The molecule has 0 saturated carbocycles. The molecule has 1 unspecified atom stereocenters. The van der Waals surface area contributed by atoms with Crippen LogP contribution in [0, 0.1) is 6.92 Å². The molecule has 0 radical (unpaired) electrons. The Balaban J connectivity index is 1.51. The lowest BCUT2D eigenvalue weighted by Gasteiger charge is -2.36. The molecule has 252 valence electrons. The normalized spacial score (nSPS) is 14.0. The SMILES string of the molecule is CCOC(=O)N1CCN(C(=O)C(CCOCc2ccccc2)NC(=O)c2cc(OCC(=O)OC(C)(C)C)c3ccc(C)cc3n2)CC1. The number of carbonyl (C=O) groups excluding carboxylic acids is 4. The minimum absolute atomic E-state index is 0.0254. The van der Waals surface area contributed by atoms with Crippen molar-refractivity contribution in [3.8, 4) is 5.75 Å². The number of aromatic nitrogens is 1. The van der Waals surface area contributed by atoms with Crippen LogP contribution >= 0.6 is 0 Å². The quantitative estimate of drug-likeness (QED) is 0.226. The lowest BCUT2D eigenvalue weighted by atomic mass is 10.1. The van der Waals surface area contributed by atoms with E-state index in [1.165, 1.54) is 6.07 Å². The molecule has 1 N–H and O–H groups in total. The number of piperazine rings is 1. The molecule has 2 heterocycles. The van der Waals surface area contributed by atoms with Gasteiger partial charge in [0.05, 0.1) is 18.7 Å². The molecule has 0 bridgehead atoms. The van der Waals surface area contributed by atoms with Crippen molar-refractivity contribution in [2.75, 3.05) is 46.0 Å². The van der Waals surface area contributed by atoms with Gasteiger partial charge in [0.15, 0.2) is 6.61 Å². The molecule has 2 aromatic carbocycles. The van der Waals surface area contributed by atoms with Crippen LogP contribution in [0.2, 0.25) is 0 Å². The van der Waals surface area contributed by atoms with Crippen molar-refractivity contribution >= 4 is 34.8 Å². The van der Waals surface area contributed by atoms with E-state index in [1.807, 2.05) is 55.5 Å². The number of pyridine rings is 1. The molecule has 1 atom stereocenters. The standard InChI is InChI=1S/C35H44N4O8/c1-6-45-34(43)39-17-15-38(16-18-39)33(42)27(14-19-44-22-25-10-8-7-9-11-25)37-32(41)29-21-30(46-23-31(40)47-35(3,4)5)26-13-12-24(2)20-28(26)36-29/h7-13,20-21,27H,6,14-19,22-23H2,1-5H3,(H,37,41). The second-order valence-electron chi connectivity index (χ2n) is 12.3. The van der Waals surface area contributed by atoms with Crippen LogP contribution in [0.4, 0.5) is 4.79 Å². The predicted octanol–water partition coefficient (Wildman–Crippen LogP) is 4.27. The predicted molar refractivity (Wildman–Crippen MR) is 175 cm³/mol. The van der Waals surface area contributed by atoms with Crippen molar-refractivity contribution in [3.63, 3.8) is 0 Å². The number of hydrogen-bond acceptors (Lipinski definition) is 9. The summed E-state index contributed by atoms with van der Waals surface area (Å²) in [5.74, 6) is -1.13. The van der Waals surface area contributed by atoms with E-state index in [9.17, 15) is 19.2 Å². The first-order chi connectivity index (χ1) is 22.4. The van der Waals surface area contributed by atoms with Gasteiger partial charge in [0, 0.05) is 44.2 Å². The first kappa shape index (κ1) is 35.1. The van der Waals surface area contributed by atoms with Crippen LogP contribution in [0.5, 0.6) is 5.75 Å². The van der Waals surface area contributed by atoms with Crippen LogP contribution in [0.3, 0.4) is 0 Å². The summed E-state index contributed by atoms with van der Waals surface area (Å²) in [6, 6.07) is 15.7. The highest BCUT2D eigenvalue weighted by Crippen LogP contribution is 2.27. The first-order valence-electron chi connectivity index (χ1n) is 15.8. The molecule has 3 amide bonds. The van der Waals surface area contributed by atoms with Gasteiger partial charge < -0.3 is 34.1 Å². The maximum Gasteiger partial charge on any atom is 0.409 e. The maximum atomic E-state index is 13.8. The van der Waals surface area contributed by atoms with Crippen LogP contribution in [0.15, 0.2) is 54.6 Å². The zero-order valence-corrected chi connectivity index (χ0v) is 27.7. The van der Waals surface area contributed by atoms with Crippen molar-refractivity contribution in [1.29, 1.82) is 0 Å². The third-order valence-corrected chi connectivity index (χ3v) is 7.31. The number of benzene rings is 2. The first-order valence-corrected chi connectivity index (χ1v) is 15.8. The molecule has 1 aliphatic heterocycles. The summed E-state index contributed by atoms with van der Waals surface area (Å²) < 4.78 is 22.2. The number of nitrogens with zero attached hydrogens (tertiary/aromatic N) is 3. The number of rotatable bonds is 12. The van der Waals surface area contributed by atoms with Crippen LogP contribution in [-0.2, 0) is 30.4 Å². The van der Waals surface area contributed by atoms with Crippen molar-refractivity contribution in [2.45, 2.75) is 59.3 Å². The summed E-state index contributed by atoms with van der Waals surface area (Å²) >= 11 is 0. The highest BCUT2D eigenvalue weighted by molar-refractivity contribution is 5.99. The van der Waals surface area contributed by atoms with E-state index < -0.39 is 29.6 Å². The third kappa shape index (κ3) is 10.4. The molecular formula is C35H44N4O8. The van der Waals surface area contributed by atoms with Gasteiger partial charge in [-0.05, 0) is 64.3 Å². The molecule has 1 aromatic heterocycles. The van der Waals surface area contributed by atoms with Gasteiger partial charge in [0.25, 0.3) is 5.91 Å². The topological polar surface area (TPSA) is 137 Å². The lowest BCUT2D eigenvalue weighted by molar-refractivity contribution is -0.157. The molecule has 4 rings (SSSR count). The number of esters is 1. The molecule has 1 saturated heterocycles. The Bertz CT molecular complexity index is 1550. The van der Waals surface area contributed by atoms with Gasteiger partial charge in [-0.2, -0.15) is 0 Å². The summed E-state index contributed by atoms with van der Waals surface area (Å²) in [7, 11) is 0. The van der Waals surface area contributed by atoms with Gasteiger partial charge in [-0.25, -0.2) is 14.6 Å². The van der Waals surface area contributed by atoms with Crippen molar-refractivity contribution in [1.82, 2.24) is 20.1 Å². The highest BCUT2D eigenvalue weighted by Gasteiger charge is 2.31. The minimum Gasteiger partial charge on any atom is -0.481 e. The van der Waals surface area contributed by atoms with E-state index in [1.54, 1.807) is 37.5 Å². The molecule has 1 aliphatic rings. The number of amides is 3. The van der Waals surface area contributed by atoms with Crippen LogP contribution < -0.4 is 10.1 Å². The van der Waals surface area contributed by atoms with E-state index >= 15 is 0 Å². The van der Waals surface area contributed by atoms with Gasteiger partial charge in [-0.1, -0.05) is 36.4 Å². The summed E-state index contributed by atoms with van der Waals surface area (Å²) in [4.78, 5) is 59.8. The van der Waals surface area contributed by atoms with Gasteiger partial charge in [0.2, 0.25) is 5.91 Å². The van der Waals surface area contributed by atoms with E-state index in [-0.39, 0.29) is 43.6 Å². The van der Waals surface area contributed by atoms with Crippen molar-refractivity contribution in [2.24, 2.45) is 0 Å². The fourth-order valence-corrected chi connectivity index (χ4v) is 5.05. The number of fused-ring (bicyclic) bond motifs is 1. The zero-order chi connectivity index (χ0) is 34.0. The van der Waals surface area contributed by atoms with Crippen LogP contribution in [0.25, 0.3) is 10.9 Å². The molecule has 0 spiro atoms. The number of nitrogens with one attached hydrogen (secondary N) is 1.